The van der Waals surface area contributed by atoms with E-state index in [9.17, 15) is 0 Å². The van der Waals surface area contributed by atoms with Gasteiger partial charge in [0.25, 0.3) is 0 Å². The molecule has 2 aliphatic heterocycles. The Labute approximate surface area is 166 Å². The van der Waals surface area contributed by atoms with Crippen LogP contribution in [0.25, 0.3) is 0 Å². The average Bonchev–Trinajstić information content (AvgIpc) is 3.02. The van der Waals surface area contributed by atoms with Crippen molar-refractivity contribution in [1.82, 2.24) is 4.90 Å². The van der Waals surface area contributed by atoms with Crippen LogP contribution in [-0.4, -0.2) is 43.7 Å². The molecule has 2 aromatic carbocycles. The van der Waals surface area contributed by atoms with Gasteiger partial charge in [0.1, 0.15) is 0 Å². The van der Waals surface area contributed by atoms with Gasteiger partial charge in [-0.15, -0.1) is 0 Å². The van der Waals surface area contributed by atoms with Gasteiger partial charge in [-0.05, 0) is 36.6 Å². The summed E-state index contributed by atoms with van der Waals surface area (Å²) in [5, 5.41) is 3.17. The van der Waals surface area contributed by atoms with Crippen LogP contribution in [-0.2, 0) is 6.54 Å². The van der Waals surface area contributed by atoms with E-state index in [0.29, 0.717) is 25.1 Å². The lowest BCUT2D eigenvalue weighted by Gasteiger charge is -2.15. The van der Waals surface area contributed by atoms with Crippen molar-refractivity contribution < 1.29 is 9.47 Å². The minimum absolute atomic E-state index is 0.441. The second kappa shape index (κ2) is 8.97. The average molecular weight is 380 g/mol. The molecule has 2 aliphatic rings. The number of rotatable bonds is 5. The Kier molecular flexibility index (Phi) is 5.97. The van der Waals surface area contributed by atoms with Gasteiger partial charge in [0, 0.05) is 37.8 Å². The summed E-state index contributed by atoms with van der Waals surface area (Å²) in [7, 11) is 0. The van der Waals surface area contributed by atoms with E-state index in [1.807, 2.05) is 18.2 Å². The van der Waals surface area contributed by atoms with Gasteiger partial charge in [-0.3, -0.25) is 9.89 Å². The number of fused-ring (bicyclic) bond motifs is 1. The number of anilines is 1. The van der Waals surface area contributed by atoms with Crippen LogP contribution in [0.5, 0.6) is 11.5 Å². The summed E-state index contributed by atoms with van der Waals surface area (Å²) in [5.74, 6) is 2.52. The van der Waals surface area contributed by atoms with Crippen LogP contribution in [0.4, 0.5) is 5.69 Å². The SMILES string of the molecule is NC(=NCC1CCN(Cc2ccccc2)C1)Nc1ccc2c(c1)OCCCO2. The van der Waals surface area contributed by atoms with Crippen LogP contribution in [0, 0.1) is 5.92 Å². The molecule has 3 N–H and O–H groups in total. The van der Waals surface area contributed by atoms with Crippen molar-refractivity contribution >= 4 is 11.6 Å². The number of ether oxygens (including phenoxy) is 2. The quantitative estimate of drug-likeness (QED) is 0.616. The molecule has 1 fully saturated rings. The number of hydrogen-bond acceptors (Lipinski definition) is 4. The van der Waals surface area contributed by atoms with Crippen molar-refractivity contribution in [2.24, 2.45) is 16.6 Å². The lowest BCUT2D eigenvalue weighted by atomic mass is 10.1. The Morgan fingerprint density at radius 1 is 1.11 bits per heavy atom. The molecule has 0 spiro atoms. The second-order valence-electron chi connectivity index (χ2n) is 7.44. The Morgan fingerprint density at radius 3 is 2.79 bits per heavy atom. The van der Waals surface area contributed by atoms with E-state index in [1.165, 1.54) is 5.56 Å². The molecule has 0 amide bonds. The van der Waals surface area contributed by atoms with Crippen LogP contribution in [0.15, 0.2) is 53.5 Å². The summed E-state index contributed by atoms with van der Waals surface area (Å²) >= 11 is 0. The predicted molar refractivity (Wildman–Crippen MR) is 112 cm³/mol. The molecule has 0 bridgehead atoms. The molecule has 148 valence electrons. The molecule has 0 saturated carbocycles. The molecule has 0 aromatic heterocycles. The predicted octanol–water partition coefficient (Wildman–Crippen LogP) is 3.10. The Hall–Kier alpha value is -2.73. The summed E-state index contributed by atoms with van der Waals surface area (Å²) < 4.78 is 11.4. The first-order chi connectivity index (χ1) is 13.8. The third-order valence-corrected chi connectivity index (χ3v) is 5.16. The highest BCUT2D eigenvalue weighted by Crippen LogP contribution is 2.32. The molecular weight excluding hydrogens is 352 g/mol. The Morgan fingerprint density at radius 2 is 1.93 bits per heavy atom. The second-order valence-corrected chi connectivity index (χ2v) is 7.44. The van der Waals surface area contributed by atoms with Gasteiger partial charge in [-0.25, -0.2) is 0 Å². The number of likely N-dealkylation sites (tertiary alicyclic amines) is 1. The lowest BCUT2D eigenvalue weighted by Crippen LogP contribution is -2.25. The van der Waals surface area contributed by atoms with E-state index in [2.05, 4.69) is 45.5 Å². The summed E-state index contributed by atoms with van der Waals surface area (Å²) in [6, 6.07) is 16.4. The van der Waals surface area contributed by atoms with E-state index >= 15 is 0 Å². The first-order valence-electron chi connectivity index (χ1n) is 9.99. The number of guanidine groups is 1. The molecule has 1 saturated heterocycles. The molecular formula is C22H28N4O2. The van der Waals surface area contributed by atoms with Crippen LogP contribution < -0.4 is 20.5 Å². The van der Waals surface area contributed by atoms with Crippen molar-refractivity contribution in [3.63, 3.8) is 0 Å². The van der Waals surface area contributed by atoms with Gasteiger partial charge in [-0.1, -0.05) is 30.3 Å². The zero-order valence-electron chi connectivity index (χ0n) is 16.1. The highest BCUT2D eigenvalue weighted by Gasteiger charge is 2.22. The number of nitrogens with zero attached hydrogens (tertiary/aromatic N) is 2. The summed E-state index contributed by atoms with van der Waals surface area (Å²) in [4.78, 5) is 7.05. The van der Waals surface area contributed by atoms with E-state index in [1.54, 1.807) is 0 Å². The fourth-order valence-corrected chi connectivity index (χ4v) is 3.70. The van der Waals surface area contributed by atoms with Gasteiger partial charge in [0.15, 0.2) is 17.5 Å². The fourth-order valence-electron chi connectivity index (χ4n) is 3.70. The maximum Gasteiger partial charge on any atom is 0.193 e. The van der Waals surface area contributed by atoms with E-state index in [0.717, 1.165) is 56.2 Å². The van der Waals surface area contributed by atoms with Crippen molar-refractivity contribution in [3.05, 3.63) is 54.1 Å². The molecule has 0 aliphatic carbocycles. The lowest BCUT2D eigenvalue weighted by molar-refractivity contribution is 0.297. The summed E-state index contributed by atoms with van der Waals surface area (Å²) in [6.45, 7) is 5.29. The molecule has 1 atom stereocenters. The van der Waals surface area contributed by atoms with Crippen LogP contribution in [0.1, 0.15) is 18.4 Å². The normalized spacial score (nSPS) is 20.0. The van der Waals surface area contributed by atoms with E-state index < -0.39 is 0 Å². The number of hydrogen-bond donors (Lipinski definition) is 2. The highest BCUT2D eigenvalue weighted by molar-refractivity contribution is 5.92. The van der Waals surface area contributed by atoms with E-state index in [4.69, 9.17) is 15.2 Å². The molecule has 6 nitrogen and oxygen atoms in total. The monoisotopic (exact) mass is 380 g/mol. The van der Waals surface area contributed by atoms with Crippen molar-refractivity contribution in [3.8, 4) is 11.5 Å². The standard InChI is InChI=1S/C22H28N4O2/c23-22(25-19-7-8-20-21(13-19)28-12-4-11-27-20)24-14-18-9-10-26(16-18)15-17-5-2-1-3-6-17/h1-3,5-8,13,18H,4,9-12,14-16H2,(H3,23,24,25). The fraction of sp³-hybridized carbons (Fsp3) is 0.409. The zero-order valence-corrected chi connectivity index (χ0v) is 16.1. The minimum Gasteiger partial charge on any atom is -0.490 e. The molecule has 28 heavy (non-hydrogen) atoms. The maximum atomic E-state index is 6.10. The largest absolute Gasteiger partial charge is 0.490 e. The minimum atomic E-state index is 0.441. The van der Waals surface area contributed by atoms with Crippen molar-refractivity contribution in [2.75, 3.05) is 38.2 Å². The number of nitrogens with two attached hydrogens (primary N) is 1. The van der Waals surface area contributed by atoms with E-state index in [-0.39, 0.29) is 0 Å². The first-order valence-corrected chi connectivity index (χ1v) is 9.99. The molecule has 2 heterocycles. The molecule has 4 rings (SSSR count). The van der Waals surface area contributed by atoms with Crippen LogP contribution in [0.3, 0.4) is 0 Å². The summed E-state index contributed by atoms with van der Waals surface area (Å²) in [5.41, 5.74) is 8.33. The molecule has 6 heteroatoms. The van der Waals surface area contributed by atoms with Gasteiger partial charge in [-0.2, -0.15) is 0 Å². The van der Waals surface area contributed by atoms with Crippen molar-refractivity contribution in [1.29, 1.82) is 0 Å². The topological polar surface area (TPSA) is 72.1 Å². The maximum absolute atomic E-state index is 6.10. The van der Waals surface area contributed by atoms with Crippen LogP contribution in [0.2, 0.25) is 0 Å². The third kappa shape index (κ3) is 4.95. The zero-order chi connectivity index (χ0) is 19.2. The van der Waals surface area contributed by atoms with Crippen molar-refractivity contribution in [2.45, 2.75) is 19.4 Å². The molecule has 2 aromatic rings. The van der Waals surface area contributed by atoms with Gasteiger partial charge in [0.05, 0.1) is 13.2 Å². The van der Waals surface area contributed by atoms with Gasteiger partial charge in [0.2, 0.25) is 0 Å². The van der Waals surface area contributed by atoms with Crippen LogP contribution >= 0.6 is 0 Å². The highest BCUT2D eigenvalue weighted by atomic mass is 16.5. The number of nitrogens with one attached hydrogen (secondary N) is 1. The van der Waals surface area contributed by atoms with Gasteiger partial charge < -0.3 is 20.5 Å². The number of benzene rings is 2. The van der Waals surface area contributed by atoms with Gasteiger partial charge >= 0.3 is 0 Å². The molecule has 1 unspecified atom stereocenters. The smallest absolute Gasteiger partial charge is 0.193 e. The number of aliphatic imine (C=N–C) groups is 1. The Bertz CT molecular complexity index is 809. The first kappa shape index (κ1) is 18.6. The Balaban J connectivity index is 1.27. The third-order valence-electron chi connectivity index (χ3n) is 5.16. The molecule has 0 radical (unpaired) electrons. The summed E-state index contributed by atoms with van der Waals surface area (Å²) in [6.07, 6.45) is 2.05.